The topological polar surface area (TPSA) is 34.1 Å². The van der Waals surface area contributed by atoms with Crippen LogP contribution >= 0.6 is 11.3 Å². The van der Waals surface area contributed by atoms with Crippen molar-refractivity contribution in [1.82, 2.24) is 0 Å². The van der Waals surface area contributed by atoms with Gasteiger partial charge in [-0.2, -0.15) is 0 Å². The van der Waals surface area contributed by atoms with Gasteiger partial charge in [0.1, 0.15) is 5.78 Å². The molecule has 3 heteroatoms. The molecule has 18 heavy (non-hydrogen) atoms. The zero-order valence-corrected chi connectivity index (χ0v) is 10.6. The number of benzene rings is 1. The van der Waals surface area contributed by atoms with E-state index >= 15 is 0 Å². The first-order valence-corrected chi connectivity index (χ1v) is 6.84. The first-order chi connectivity index (χ1) is 8.74. The summed E-state index contributed by atoms with van der Waals surface area (Å²) >= 11 is 1.46. The lowest BCUT2D eigenvalue weighted by Gasteiger charge is -2.15. The molecule has 90 valence electrons. The van der Waals surface area contributed by atoms with E-state index in [9.17, 15) is 9.59 Å². The van der Waals surface area contributed by atoms with E-state index in [1.165, 1.54) is 11.3 Å². The van der Waals surface area contributed by atoms with Crippen molar-refractivity contribution in [2.75, 3.05) is 0 Å². The van der Waals surface area contributed by atoms with Gasteiger partial charge in [-0.25, -0.2) is 0 Å². The van der Waals surface area contributed by atoms with Crippen LogP contribution in [0.25, 0.3) is 0 Å². The van der Waals surface area contributed by atoms with E-state index in [1.54, 1.807) is 0 Å². The maximum absolute atomic E-state index is 12.2. The SMILES string of the molecule is O=C1CCc2cc(C(=O)c3cccs3)ccc2C1. The lowest BCUT2D eigenvalue weighted by molar-refractivity contribution is -0.118. The summed E-state index contributed by atoms with van der Waals surface area (Å²) in [6.07, 6.45) is 1.88. The zero-order chi connectivity index (χ0) is 12.5. The Hall–Kier alpha value is -1.74. The predicted molar refractivity (Wildman–Crippen MR) is 71.2 cm³/mol. The third kappa shape index (κ3) is 2.02. The van der Waals surface area contributed by atoms with E-state index in [1.807, 2.05) is 35.7 Å². The number of fused-ring (bicyclic) bond motifs is 1. The Balaban J connectivity index is 1.95. The molecule has 1 aliphatic rings. The van der Waals surface area contributed by atoms with Crippen LogP contribution in [-0.2, 0) is 17.6 Å². The Kier molecular flexibility index (Phi) is 2.84. The second-order valence-electron chi connectivity index (χ2n) is 4.51. The number of hydrogen-bond donors (Lipinski definition) is 0. The summed E-state index contributed by atoms with van der Waals surface area (Å²) in [5.41, 5.74) is 2.96. The molecule has 0 bridgehead atoms. The highest BCUT2D eigenvalue weighted by molar-refractivity contribution is 7.12. The summed E-state index contributed by atoms with van der Waals surface area (Å²) in [5, 5.41) is 1.91. The monoisotopic (exact) mass is 256 g/mol. The van der Waals surface area contributed by atoms with Crippen LogP contribution in [0, 0.1) is 0 Å². The van der Waals surface area contributed by atoms with E-state index < -0.39 is 0 Å². The molecule has 1 heterocycles. The predicted octanol–water partition coefficient (Wildman–Crippen LogP) is 3.04. The van der Waals surface area contributed by atoms with Gasteiger partial charge in [0.2, 0.25) is 5.78 Å². The van der Waals surface area contributed by atoms with Gasteiger partial charge in [-0.15, -0.1) is 11.3 Å². The normalized spacial score (nSPS) is 14.3. The molecule has 3 rings (SSSR count). The molecule has 0 N–H and O–H groups in total. The molecule has 0 radical (unpaired) electrons. The van der Waals surface area contributed by atoms with Gasteiger partial charge in [0.15, 0.2) is 0 Å². The van der Waals surface area contributed by atoms with E-state index in [0.717, 1.165) is 28.0 Å². The third-order valence-electron chi connectivity index (χ3n) is 3.27. The van der Waals surface area contributed by atoms with Gasteiger partial charge in [-0.3, -0.25) is 9.59 Å². The molecule has 0 amide bonds. The quantitative estimate of drug-likeness (QED) is 0.774. The molecule has 1 aromatic carbocycles. The number of Topliss-reactive ketones (excluding diaryl/α,β-unsaturated/α-hetero) is 1. The Bertz CT molecular complexity index is 611. The average molecular weight is 256 g/mol. The number of hydrogen-bond acceptors (Lipinski definition) is 3. The van der Waals surface area contributed by atoms with Crippen molar-refractivity contribution in [2.24, 2.45) is 0 Å². The molecule has 0 spiro atoms. The molecular weight excluding hydrogens is 244 g/mol. The lowest BCUT2D eigenvalue weighted by atomic mass is 9.89. The minimum absolute atomic E-state index is 0.0738. The number of carbonyl (C=O) groups is 2. The molecule has 0 atom stereocenters. The van der Waals surface area contributed by atoms with Gasteiger partial charge in [-0.1, -0.05) is 18.2 Å². The van der Waals surface area contributed by atoms with Crippen molar-refractivity contribution >= 4 is 22.9 Å². The summed E-state index contributed by atoms with van der Waals surface area (Å²) in [6.45, 7) is 0. The summed E-state index contributed by atoms with van der Waals surface area (Å²) < 4.78 is 0. The van der Waals surface area contributed by atoms with Gasteiger partial charge in [0, 0.05) is 18.4 Å². The molecule has 0 saturated carbocycles. The number of rotatable bonds is 2. The second-order valence-corrected chi connectivity index (χ2v) is 5.45. The molecular formula is C15H12O2S. The first kappa shape index (κ1) is 11.4. The second kappa shape index (κ2) is 4.50. The highest BCUT2D eigenvalue weighted by Crippen LogP contribution is 2.23. The molecule has 0 saturated heterocycles. The van der Waals surface area contributed by atoms with E-state index in [2.05, 4.69) is 0 Å². The van der Waals surface area contributed by atoms with Crippen molar-refractivity contribution in [2.45, 2.75) is 19.3 Å². The largest absolute Gasteiger partial charge is 0.299 e. The van der Waals surface area contributed by atoms with Crippen LogP contribution in [0.1, 0.15) is 32.8 Å². The number of carbonyl (C=O) groups excluding carboxylic acids is 2. The molecule has 0 unspecified atom stereocenters. The van der Waals surface area contributed by atoms with Crippen LogP contribution < -0.4 is 0 Å². The molecule has 1 aliphatic carbocycles. The Morgan fingerprint density at radius 1 is 1.11 bits per heavy atom. The summed E-state index contributed by atoms with van der Waals surface area (Å²) in [7, 11) is 0. The molecule has 0 aliphatic heterocycles. The van der Waals surface area contributed by atoms with Gasteiger partial charge in [0.25, 0.3) is 0 Å². The molecule has 0 fully saturated rings. The molecule has 1 aromatic heterocycles. The minimum Gasteiger partial charge on any atom is -0.299 e. The van der Waals surface area contributed by atoms with E-state index in [4.69, 9.17) is 0 Å². The summed E-state index contributed by atoms with van der Waals surface area (Å²) in [5.74, 6) is 0.365. The van der Waals surface area contributed by atoms with Crippen molar-refractivity contribution in [1.29, 1.82) is 0 Å². The number of thiophene rings is 1. The highest BCUT2D eigenvalue weighted by atomic mass is 32.1. The zero-order valence-electron chi connectivity index (χ0n) is 9.81. The van der Waals surface area contributed by atoms with Crippen molar-refractivity contribution in [3.63, 3.8) is 0 Å². The number of ketones is 2. The van der Waals surface area contributed by atoms with Crippen LogP contribution in [0.3, 0.4) is 0 Å². The van der Waals surface area contributed by atoms with Crippen molar-refractivity contribution < 1.29 is 9.59 Å². The fraction of sp³-hybridized carbons (Fsp3) is 0.200. The summed E-state index contributed by atoms with van der Waals surface area (Å²) in [4.78, 5) is 24.3. The average Bonchev–Trinajstić information content (AvgIpc) is 2.91. The third-order valence-corrected chi connectivity index (χ3v) is 4.14. The maximum Gasteiger partial charge on any atom is 0.202 e. The lowest BCUT2D eigenvalue weighted by Crippen LogP contribution is -2.14. The van der Waals surface area contributed by atoms with Crippen LogP contribution in [0.4, 0.5) is 0 Å². The minimum atomic E-state index is 0.0738. The van der Waals surface area contributed by atoms with Crippen molar-refractivity contribution in [3.8, 4) is 0 Å². The summed E-state index contributed by atoms with van der Waals surface area (Å²) in [6, 6.07) is 9.43. The van der Waals surface area contributed by atoms with Crippen molar-refractivity contribution in [3.05, 3.63) is 57.3 Å². The highest BCUT2D eigenvalue weighted by Gasteiger charge is 2.18. The van der Waals surface area contributed by atoms with Gasteiger partial charge in [-0.05, 0) is 35.1 Å². The molecule has 2 aromatic rings. The van der Waals surface area contributed by atoms with Crippen LogP contribution in [0.15, 0.2) is 35.7 Å². The first-order valence-electron chi connectivity index (χ1n) is 5.96. The standard InChI is InChI=1S/C15H12O2S/c16-13-6-5-10-8-12(4-3-11(10)9-13)15(17)14-2-1-7-18-14/h1-4,7-8H,5-6,9H2. The van der Waals surface area contributed by atoms with Gasteiger partial charge >= 0.3 is 0 Å². The van der Waals surface area contributed by atoms with Crippen LogP contribution in [0.2, 0.25) is 0 Å². The fourth-order valence-corrected chi connectivity index (χ4v) is 2.98. The Labute approximate surface area is 109 Å². The van der Waals surface area contributed by atoms with E-state index in [-0.39, 0.29) is 5.78 Å². The Morgan fingerprint density at radius 3 is 2.78 bits per heavy atom. The van der Waals surface area contributed by atoms with E-state index in [0.29, 0.717) is 18.6 Å². The molecule has 2 nitrogen and oxygen atoms in total. The van der Waals surface area contributed by atoms with Gasteiger partial charge in [0.05, 0.1) is 4.88 Å². The fourth-order valence-electron chi connectivity index (χ4n) is 2.30. The van der Waals surface area contributed by atoms with Crippen LogP contribution in [-0.4, -0.2) is 11.6 Å². The van der Waals surface area contributed by atoms with Crippen LogP contribution in [0.5, 0.6) is 0 Å². The smallest absolute Gasteiger partial charge is 0.202 e. The maximum atomic E-state index is 12.2. The van der Waals surface area contributed by atoms with Gasteiger partial charge < -0.3 is 0 Å². The Morgan fingerprint density at radius 2 is 2.00 bits per heavy atom. The number of aryl methyl sites for hydroxylation is 1.